The van der Waals surface area contributed by atoms with Crippen molar-refractivity contribution >= 4 is 23.1 Å². The lowest BCUT2D eigenvalue weighted by atomic mass is 9.97. The van der Waals surface area contributed by atoms with Crippen molar-refractivity contribution in [2.24, 2.45) is 5.92 Å². The Morgan fingerprint density at radius 3 is 2.33 bits per heavy atom. The predicted molar refractivity (Wildman–Crippen MR) is 118 cm³/mol. The van der Waals surface area contributed by atoms with Crippen molar-refractivity contribution in [3.05, 3.63) is 64.9 Å². The van der Waals surface area contributed by atoms with Gasteiger partial charge in [0.25, 0.3) is 11.8 Å². The Bertz CT molecular complexity index is 1020. The molecule has 5 nitrogen and oxygen atoms in total. The number of imide groups is 1. The van der Waals surface area contributed by atoms with Gasteiger partial charge in [-0.1, -0.05) is 42.8 Å². The highest BCUT2D eigenvalue weighted by molar-refractivity contribution is 6.45. The molecule has 0 saturated carbocycles. The predicted octanol–water partition coefficient (Wildman–Crippen LogP) is 4.33. The first-order valence-electron chi connectivity index (χ1n) is 10.5. The van der Waals surface area contributed by atoms with E-state index < -0.39 is 0 Å². The van der Waals surface area contributed by atoms with E-state index in [0.717, 1.165) is 42.6 Å². The number of anilines is 1. The lowest BCUT2D eigenvalue weighted by molar-refractivity contribution is -0.120. The molecule has 0 N–H and O–H groups in total. The standard InChI is InChI=1S/C25H28N2O3/c1-16-7-10-19(11-8-16)22-23(26-13-5-6-18(3)15-26)25(29)27(24(22)28)20-14-17(2)9-12-21(20)30-4/h7-12,14,18H,5-6,13,15H2,1-4H3. The molecule has 2 aromatic rings. The molecule has 30 heavy (non-hydrogen) atoms. The number of benzene rings is 2. The molecular formula is C25H28N2O3. The molecule has 2 aromatic carbocycles. The summed E-state index contributed by atoms with van der Waals surface area (Å²) in [7, 11) is 1.56. The highest BCUT2D eigenvalue weighted by Crippen LogP contribution is 2.40. The van der Waals surface area contributed by atoms with Gasteiger partial charge in [0.15, 0.2) is 0 Å². The molecule has 5 heteroatoms. The van der Waals surface area contributed by atoms with E-state index in [1.54, 1.807) is 13.2 Å². The van der Waals surface area contributed by atoms with Gasteiger partial charge >= 0.3 is 0 Å². The highest BCUT2D eigenvalue weighted by atomic mass is 16.5. The zero-order valence-corrected chi connectivity index (χ0v) is 18.1. The fourth-order valence-electron chi connectivity index (χ4n) is 4.38. The van der Waals surface area contributed by atoms with Crippen molar-refractivity contribution in [1.29, 1.82) is 0 Å². The van der Waals surface area contributed by atoms with Crippen molar-refractivity contribution in [1.82, 2.24) is 4.90 Å². The van der Waals surface area contributed by atoms with Gasteiger partial charge in [-0.05, 0) is 55.9 Å². The fourth-order valence-corrected chi connectivity index (χ4v) is 4.38. The van der Waals surface area contributed by atoms with Gasteiger partial charge in [-0.2, -0.15) is 0 Å². The maximum absolute atomic E-state index is 13.7. The summed E-state index contributed by atoms with van der Waals surface area (Å²) in [5.74, 6) is 0.435. The summed E-state index contributed by atoms with van der Waals surface area (Å²) in [5.41, 5.74) is 4.35. The molecule has 1 saturated heterocycles. The van der Waals surface area contributed by atoms with Crippen LogP contribution in [0.1, 0.15) is 36.5 Å². The van der Waals surface area contributed by atoms with E-state index in [0.29, 0.717) is 28.6 Å². The first-order chi connectivity index (χ1) is 14.4. The number of hydrogen-bond acceptors (Lipinski definition) is 4. The summed E-state index contributed by atoms with van der Waals surface area (Å²) in [4.78, 5) is 30.8. The average molecular weight is 405 g/mol. The first-order valence-corrected chi connectivity index (χ1v) is 10.5. The van der Waals surface area contributed by atoms with Gasteiger partial charge in [0.05, 0.1) is 18.4 Å². The summed E-state index contributed by atoms with van der Waals surface area (Å²) in [5, 5.41) is 0. The van der Waals surface area contributed by atoms with E-state index >= 15 is 0 Å². The van der Waals surface area contributed by atoms with Crippen LogP contribution in [0.5, 0.6) is 5.75 Å². The van der Waals surface area contributed by atoms with E-state index in [1.165, 1.54) is 4.90 Å². The molecular weight excluding hydrogens is 376 g/mol. The van der Waals surface area contributed by atoms with Gasteiger partial charge < -0.3 is 9.64 Å². The van der Waals surface area contributed by atoms with Crippen LogP contribution in [0.4, 0.5) is 5.69 Å². The Hall–Kier alpha value is -3.08. The number of likely N-dealkylation sites (tertiary alicyclic amines) is 1. The lowest BCUT2D eigenvalue weighted by Crippen LogP contribution is -2.39. The fraction of sp³-hybridized carbons (Fsp3) is 0.360. The topological polar surface area (TPSA) is 49.9 Å². The number of carbonyl (C=O) groups excluding carboxylic acids is 2. The molecule has 2 amide bonds. The number of piperidine rings is 1. The summed E-state index contributed by atoms with van der Waals surface area (Å²) >= 11 is 0. The van der Waals surface area contributed by atoms with Crippen LogP contribution in [-0.2, 0) is 9.59 Å². The second-order valence-corrected chi connectivity index (χ2v) is 8.40. The molecule has 0 aromatic heterocycles. The lowest BCUT2D eigenvalue weighted by Gasteiger charge is -2.33. The van der Waals surface area contributed by atoms with Crippen molar-refractivity contribution in [2.45, 2.75) is 33.6 Å². The van der Waals surface area contributed by atoms with Gasteiger partial charge in [-0.15, -0.1) is 0 Å². The molecule has 2 heterocycles. The van der Waals surface area contributed by atoms with Crippen molar-refractivity contribution in [3.8, 4) is 5.75 Å². The van der Waals surface area contributed by atoms with Crippen molar-refractivity contribution in [2.75, 3.05) is 25.1 Å². The molecule has 0 radical (unpaired) electrons. The number of aryl methyl sites for hydroxylation is 2. The molecule has 156 valence electrons. The van der Waals surface area contributed by atoms with E-state index in [4.69, 9.17) is 4.74 Å². The third-order valence-corrected chi connectivity index (χ3v) is 5.95. The highest BCUT2D eigenvalue weighted by Gasteiger charge is 2.44. The van der Waals surface area contributed by atoms with E-state index in [2.05, 4.69) is 11.8 Å². The van der Waals surface area contributed by atoms with E-state index in [9.17, 15) is 9.59 Å². The zero-order valence-electron chi connectivity index (χ0n) is 18.1. The van der Waals surface area contributed by atoms with Gasteiger partial charge in [-0.25, -0.2) is 4.90 Å². The van der Waals surface area contributed by atoms with Crippen LogP contribution < -0.4 is 9.64 Å². The average Bonchev–Trinajstić information content (AvgIpc) is 2.98. The summed E-state index contributed by atoms with van der Waals surface area (Å²) in [6, 6.07) is 13.4. The molecule has 4 rings (SSSR count). The Morgan fingerprint density at radius 1 is 0.967 bits per heavy atom. The smallest absolute Gasteiger partial charge is 0.282 e. The molecule has 2 aliphatic rings. The first kappa shape index (κ1) is 20.2. The van der Waals surface area contributed by atoms with Crippen LogP contribution in [0, 0.1) is 19.8 Å². The molecule has 0 spiro atoms. The minimum absolute atomic E-state index is 0.270. The molecule has 2 aliphatic heterocycles. The molecule has 0 aliphatic carbocycles. The van der Waals surface area contributed by atoms with Gasteiger partial charge in [-0.3, -0.25) is 9.59 Å². The Balaban J connectivity index is 1.86. The summed E-state index contributed by atoms with van der Waals surface area (Å²) < 4.78 is 5.49. The Kier molecular flexibility index (Phi) is 5.37. The number of ether oxygens (including phenoxy) is 1. The third-order valence-electron chi connectivity index (χ3n) is 5.95. The van der Waals surface area contributed by atoms with E-state index in [1.807, 2.05) is 50.2 Å². The second-order valence-electron chi connectivity index (χ2n) is 8.40. The number of nitrogens with zero attached hydrogens (tertiary/aromatic N) is 2. The van der Waals surface area contributed by atoms with Crippen molar-refractivity contribution in [3.63, 3.8) is 0 Å². The Morgan fingerprint density at radius 2 is 1.67 bits per heavy atom. The third kappa shape index (κ3) is 3.49. The monoisotopic (exact) mass is 404 g/mol. The molecule has 1 atom stereocenters. The number of carbonyl (C=O) groups is 2. The molecule has 1 fully saturated rings. The maximum atomic E-state index is 13.7. The van der Waals surface area contributed by atoms with E-state index in [-0.39, 0.29) is 11.8 Å². The van der Waals surface area contributed by atoms with Crippen molar-refractivity contribution < 1.29 is 14.3 Å². The maximum Gasteiger partial charge on any atom is 0.282 e. The molecule has 1 unspecified atom stereocenters. The number of hydrogen-bond donors (Lipinski definition) is 0. The van der Waals surface area contributed by atoms with Crippen LogP contribution in [0.3, 0.4) is 0 Å². The normalized spacial score (nSPS) is 19.7. The van der Waals surface area contributed by atoms with Gasteiger partial charge in [0, 0.05) is 13.1 Å². The Labute approximate surface area is 177 Å². The van der Waals surface area contributed by atoms with Gasteiger partial charge in [0.2, 0.25) is 0 Å². The number of methoxy groups -OCH3 is 1. The van der Waals surface area contributed by atoms with Crippen LogP contribution in [0.2, 0.25) is 0 Å². The van der Waals surface area contributed by atoms with Crippen LogP contribution in [-0.4, -0.2) is 36.9 Å². The molecule has 0 bridgehead atoms. The summed E-state index contributed by atoms with van der Waals surface area (Å²) in [6.07, 6.45) is 2.16. The second kappa shape index (κ2) is 7.98. The quantitative estimate of drug-likeness (QED) is 0.712. The summed E-state index contributed by atoms with van der Waals surface area (Å²) in [6.45, 7) is 7.71. The number of rotatable bonds is 4. The minimum Gasteiger partial charge on any atom is -0.495 e. The number of amides is 2. The van der Waals surface area contributed by atoms with Crippen LogP contribution in [0.25, 0.3) is 5.57 Å². The largest absolute Gasteiger partial charge is 0.495 e. The minimum atomic E-state index is -0.291. The van der Waals surface area contributed by atoms with Gasteiger partial charge in [0.1, 0.15) is 11.4 Å². The van der Waals surface area contributed by atoms with Crippen LogP contribution in [0.15, 0.2) is 48.2 Å². The zero-order chi connectivity index (χ0) is 21.4. The SMILES string of the molecule is COc1ccc(C)cc1N1C(=O)C(c2ccc(C)cc2)=C(N2CCCC(C)C2)C1=O. The van der Waals surface area contributed by atoms with Crippen LogP contribution >= 0.6 is 0 Å².